The zero-order valence-corrected chi connectivity index (χ0v) is 16.4. The van der Waals surface area contributed by atoms with E-state index in [4.69, 9.17) is 0 Å². The van der Waals surface area contributed by atoms with Gasteiger partial charge in [0.1, 0.15) is 0 Å². The van der Waals surface area contributed by atoms with Gasteiger partial charge in [-0.05, 0) is 56.9 Å². The Bertz CT molecular complexity index is 682. The number of hydrogen-bond donors (Lipinski definition) is 0. The highest BCUT2D eigenvalue weighted by Gasteiger charge is 2.34. The third-order valence-electron chi connectivity index (χ3n) is 4.41. The van der Waals surface area contributed by atoms with Gasteiger partial charge in [0.05, 0.1) is 0 Å². The molecule has 0 heteroatoms. The lowest BCUT2D eigenvalue weighted by molar-refractivity contribution is 0.660. The molecule has 0 heterocycles. The third kappa shape index (κ3) is 4.47. The Kier molecular flexibility index (Phi) is 7.71. The van der Waals surface area contributed by atoms with Crippen molar-refractivity contribution in [1.82, 2.24) is 0 Å². The van der Waals surface area contributed by atoms with Crippen LogP contribution in [-0.4, -0.2) is 0 Å². The molecule has 2 aromatic rings. The van der Waals surface area contributed by atoms with E-state index in [9.17, 15) is 0 Å². The monoisotopic (exact) mass is 320 g/mol. The van der Waals surface area contributed by atoms with E-state index in [-0.39, 0.29) is 5.41 Å². The van der Waals surface area contributed by atoms with Crippen molar-refractivity contribution in [3.05, 3.63) is 83.5 Å². The summed E-state index contributed by atoms with van der Waals surface area (Å²) in [6, 6.07) is 15.6. The lowest BCUT2D eigenvalue weighted by Crippen LogP contribution is -2.14. The molecule has 128 valence electrons. The van der Waals surface area contributed by atoms with Gasteiger partial charge in [-0.3, -0.25) is 0 Å². The SMILES string of the molecule is C/C=C\C.C/C=C\C.Cc1ccc2c(c1)C(C)(C)c1ccccc1-2. The maximum absolute atomic E-state index is 2.33. The quantitative estimate of drug-likeness (QED) is 0.442. The summed E-state index contributed by atoms with van der Waals surface area (Å²) in [5.74, 6) is 0. The van der Waals surface area contributed by atoms with E-state index in [1.54, 1.807) is 0 Å². The first kappa shape index (κ1) is 20.0. The van der Waals surface area contributed by atoms with Gasteiger partial charge < -0.3 is 0 Å². The first-order valence-electron chi connectivity index (χ1n) is 8.79. The van der Waals surface area contributed by atoms with Gasteiger partial charge in [-0.15, -0.1) is 0 Å². The van der Waals surface area contributed by atoms with Gasteiger partial charge in [-0.25, -0.2) is 0 Å². The average Bonchev–Trinajstić information content (AvgIpc) is 2.83. The van der Waals surface area contributed by atoms with E-state index in [0.29, 0.717) is 0 Å². The number of benzene rings is 2. The van der Waals surface area contributed by atoms with Crippen molar-refractivity contribution < 1.29 is 0 Å². The highest BCUT2D eigenvalue weighted by Crippen LogP contribution is 2.48. The van der Waals surface area contributed by atoms with E-state index in [2.05, 4.69) is 63.2 Å². The van der Waals surface area contributed by atoms with E-state index < -0.39 is 0 Å². The molecule has 0 saturated heterocycles. The number of allylic oxidation sites excluding steroid dienone is 4. The second kappa shape index (κ2) is 9.27. The summed E-state index contributed by atoms with van der Waals surface area (Å²) in [5, 5.41) is 0. The van der Waals surface area contributed by atoms with Crippen LogP contribution in [0.5, 0.6) is 0 Å². The molecule has 0 aromatic heterocycles. The van der Waals surface area contributed by atoms with Gasteiger partial charge in [-0.1, -0.05) is 86.2 Å². The Balaban J connectivity index is 0.000000306. The molecule has 0 bridgehead atoms. The Morgan fingerprint density at radius 1 is 0.667 bits per heavy atom. The molecule has 0 fully saturated rings. The predicted octanol–water partition coefficient (Wildman–Crippen LogP) is 7.47. The molecular formula is C24H32. The summed E-state index contributed by atoms with van der Waals surface area (Å²) in [5.41, 5.74) is 7.23. The fourth-order valence-electron chi connectivity index (χ4n) is 2.82. The molecule has 0 aliphatic heterocycles. The van der Waals surface area contributed by atoms with Crippen LogP contribution in [0.4, 0.5) is 0 Å². The minimum absolute atomic E-state index is 0.151. The highest BCUT2D eigenvalue weighted by molar-refractivity contribution is 5.80. The van der Waals surface area contributed by atoms with Crippen molar-refractivity contribution in [3.8, 4) is 11.1 Å². The van der Waals surface area contributed by atoms with Gasteiger partial charge in [0, 0.05) is 5.41 Å². The number of hydrogen-bond acceptors (Lipinski definition) is 0. The van der Waals surface area contributed by atoms with Crippen molar-refractivity contribution in [2.24, 2.45) is 0 Å². The molecule has 0 atom stereocenters. The van der Waals surface area contributed by atoms with Crippen LogP contribution in [0.25, 0.3) is 11.1 Å². The summed E-state index contributed by atoms with van der Waals surface area (Å²) in [6.07, 6.45) is 8.00. The van der Waals surface area contributed by atoms with Gasteiger partial charge in [0.2, 0.25) is 0 Å². The fraction of sp³-hybridized carbons (Fsp3) is 0.333. The molecule has 24 heavy (non-hydrogen) atoms. The molecule has 1 aliphatic carbocycles. The van der Waals surface area contributed by atoms with Crippen LogP contribution in [0.1, 0.15) is 58.2 Å². The molecule has 0 saturated carbocycles. The fourth-order valence-corrected chi connectivity index (χ4v) is 2.82. The second-order valence-corrected chi connectivity index (χ2v) is 6.55. The van der Waals surface area contributed by atoms with Crippen LogP contribution in [0, 0.1) is 6.92 Å². The van der Waals surface area contributed by atoms with Gasteiger partial charge >= 0.3 is 0 Å². The van der Waals surface area contributed by atoms with Gasteiger partial charge in [-0.2, -0.15) is 0 Å². The molecule has 2 aromatic carbocycles. The molecule has 0 nitrogen and oxygen atoms in total. The Morgan fingerprint density at radius 3 is 1.71 bits per heavy atom. The van der Waals surface area contributed by atoms with Crippen LogP contribution in [-0.2, 0) is 5.41 Å². The summed E-state index contributed by atoms with van der Waals surface area (Å²) in [7, 11) is 0. The minimum Gasteiger partial charge on any atom is -0.0919 e. The summed E-state index contributed by atoms with van der Waals surface area (Å²) < 4.78 is 0. The van der Waals surface area contributed by atoms with Crippen molar-refractivity contribution in [3.63, 3.8) is 0 Å². The number of fused-ring (bicyclic) bond motifs is 3. The lowest BCUT2D eigenvalue weighted by atomic mass is 9.82. The maximum Gasteiger partial charge on any atom is 0.0158 e. The Hall–Kier alpha value is -2.08. The topological polar surface area (TPSA) is 0 Å². The number of aryl methyl sites for hydroxylation is 1. The van der Waals surface area contributed by atoms with Crippen molar-refractivity contribution in [1.29, 1.82) is 0 Å². The zero-order valence-electron chi connectivity index (χ0n) is 16.4. The van der Waals surface area contributed by atoms with Crippen molar-refractivity contribution >= 4 is 0 Å². The molecule has 0 N–H and O–H groups in total. The van der Waals surface area contributed by atoms with Crippen LogP contribution >= 0.6 is 0 Å². The lowest BCUT2D eigenvalue weighted by Gasteiger charge is -2.21. The van der Waals surface area contributed by atoms with E-state index in [1.165, 1.54) is 27.8 Å². The molecular weight excluding hydrogens is 288 g/mol. The van der Waals surface area contributed by atoms with E-state index in [1.807, 2.05) is 52.0 Å². The molecule has 3 rings (SSSR count). The van der Waals surface area contributed by atoms with Gasteiger partial charge in [0.25, 0.3) is 0 Å². The zero-order chi connectivity index (χ0) is 18.2. The Labute approximate surface area is 148 Å². The Morgan fingerprint density at radius 2 is 1.17 bits per heavy atom. The predicted molar refractivity (Wildman–Crippen MR) is 110 cm³/mol. The summed E-state index contributed by atoms with van der Waals surface area (Å²) in [4.78, 5) is 0. The average molecular weight is 321 g/mol. The van der Waals surface area contributed by atoms with Gasteiger partial charge in [0.15, 0.2) is 0 Å². The standard InChI is InChI=1S/C16H16.2C4H8/c1-11-8-9-13-12-6-4-5-7-14(12)16(2,3)15(13)10-11;2*1-3-4-2/h4-10H,1-3H3;2*3-4H,1-2H3/b;2*4-3-. The smallest absolute Gasteiger partial charge is 0.0158 e. The highest BCUT2D eigenvalue weighted by atomic mass is 14.4. The third-order valence-corrected chi connectivity index (χ3v) is 4.41. The largest absolute Gasteiger partial charge is 0.0919 e. The summed E-state index contributed by atoms with van der Waals surface area (Å²) in [6.45, 7) is 14.8. The first-order chi connectivity index (χ1) is 11.4. The number of rotatable bonds is 0. The van der Waals surface area contributed by atoms with Crippen LogP contribution in [0.2, 0.25) is 0 Å². The molecule has 0 amide bonds. The van der Waals surface area contributed by atoms with Crippen LogP contribution in [0.15, 0.2) is 66.8 Å². The van der Waals surface area contributed by atoms with E-state index >= 15 is 0 Å². The van der Waals surface area contributed by atoms with Crippen LogP contribution in [0.3, 0.4) is 0 Å². The van der Waals surface area contributed by atoms with Crippen molar-refractivity contribution in [2.75, 3.05) is 0 Å². The van der Waals surface area contributed by atoms with E-state index in [0.717, 1.165) is 0 Å². The van der Waals surface area contributed by atoms with Crippen LogP contribution < -0.4 is 0 Å². The molecule has 0 radical (unpaired) electrons. The molecule has 0 spiro atoms. The second-order valence-electron chi connectivity index (χ2n) is 6.55. The normalized spacial score (nSPS) is 13.6. The minimum atomic E-state index is 0.151. The molecule has 1 aliphatic rings. The first-order valence-corrected chi connectivity index (χ1v) is 8.79. The maximum atomic E-state index is 2.33. The molecule has 0 unspecified atom stereocenters. The summed E-state index contributed by atoms with van der Waals surface area (Å²) >= 11 is 0. The van der Waals surface area contributed by atoms with Crippen molar-refractivity contribution in [2.45, 2.75) is 53.9 Å².